The number of para-hydroxylation sites is 1. The molecule has 0 spiro atoms. The molecule has 1 unspecified atom stereocenters. The van der Waals surface area contributed by atoms with Gasteiger partial charge in [0.25, 0.3) is 0 Å². The fraction of sp³-hybridized carbons (Fsp3) is 0.514. The van der Waals surface area contributed by atoms with Gasteiger partial charge in [0.1, 0.15) is 17.5 Å². The van der Waals surface area contributed by atoms with Gasteiger partial charge in [-0.15, -0.1) is 10.2 Å². The minimum absolute atomic E-state index is 0.0775. The number of aromatic nitrogens is 2. The van der Waals surface area contributed by atoms with Gasteiger partial charge in [-0.2, -0.15) is 0 Å². The van der Waals surface area contributed by atoms with E-state index in [1.54, 1.807) is 24.3 Å². The largest absolute Gasteiger partial charge is 0.507 e. The summed E-state index contributed by atoms with van der Waals surface area (Å²) in [5.41, 5.74) is 9.61. The van der Waals surface area contributed by atoms with E-state index in [-0.39, 0.29) is 34.9 Å². The Bertz CT molecular complexity index is 1530. The third-order valence-corrected chi connectivity index (χ3v) is 8.94. The number of nitrogens with two attached hydrogens (primary N) is 1. The number of carbonyl (C=O) groups excluding carboxylic acids is 2. The van der Waals surface area contributed by atoms with Gasteiger partial charge in [0, 0.05) is 75.1 Å². The van der Waals surface area contributed by atoms with Crippen molar-refractivity contribution in [2.75, 3.05) is 61.3 Å². The maximum absolute atomic E-state index is 12.9. The number of unbranched alkanes of at least 4 members (excludes halogenated alkanes) is 2. The van der Waals surface area contributed by atoms with Crippen LogP contribution in [0.4, 0.5) is 17.2 Å². The number of phenols is 1. The number of piperazine rings is 1. The molecule has 3 aromatic rings. The number of phenolic OH excluding ortho intramolecular Hbond substituents is 1. The molecule has 11 heteroatoms. The zero-order valence-electron chi connectivity index (χ0n) is 28.7. The fourth-order valence-corrected chi connectivity index (χ4v) is 6.20. The summed E-state index contributed by atoms with van der Waals surface area (Å²) in [6.07, 6.45) is 5.36. The zero-order valence-corrected chi connectivity index (χ0v) is 28.7. The van der Waals surface area contributed by atoms with Crippen molar-refractivity contribution in [2.45, 2.75) is 71.8 Å². The van der Waals surface area contributed by atoms with Gasteiger partial charge in [-0.3, -0.25) is 9.59 Å². The van der Waals surface area contributed by atoms with Crippen molar-refractivity contribution in [1.29, 1.82) is 0 Å². The minimum atomic E-state index is -0.0775. The predicted molar refractivity (Wildman–Crippen MR) is 190 cm³/mol. The third-order valence-electron chi connectivity index (χ3n) is 8.94. The minimum Gasteiger partial charge on any atom is -0.507 e. The average molecular weight is 658 g/mol. The van der Waals surface area contributed by atoms with Crippen LogP contribution in [0.3, 0.4) is 0 Å². The fourth-order valence-electron chi connectivity index (χ4n) is 6.20. The number of nitrogen functional groups attached to an aromatic ring is 1. The van der Waals surface area contributed by atoms with Gasteiger partial charge in [0.05, 0.1) is 6.54 Å². The lowest BCUT2D eigenvalue weighted by atomic mass is 9.97. The Morgan fingerprint density at radius 3 is 2.40 bits per heavy atom. The highest BCUT2D eigenvalue weighted by Gasteiger charge is 2.25. The number of ether oxygens (including phenoxy) is 1. The first-order chi connectivity index (χ1) is 23.1. The Balaban J connectivity index is 1.08. The number of anilines is 3. The molecule has 0 radical (unpaired) electrons. The first-order valence-electron chi connectivity index (χ1n) is 17.3. The summed E-state index contributed by atoms with van der Waals surface area (Å²) in [4.78, 5) is 31.6. The van der Waals surface area contributed by atoms with Gasteiger partial charge in [-0.25, -0.2) is 0 Å². The van der Waals surface area contributed by atoms with E-state index >= 15 is 0 Å². The summed E-state index contributed by atoms with van der Waals surface area (Å²) >= 11 is 0. The molecule has 5 rings (SSSR count). The van der Waals surface area contributed by atoms with Crippen LogP contribution < -0.4 is 25.6 Å². The molecule has 2 aliphatic heterocycles. The molecule has 2 amide bonds. The number of rotatable bonds is 12. The molecule has 1 atom stereocenters. The van der Waals surface area contributed by atoms with Crippen molar-refractivity contribution in [3.05, 3.63) is 54.6 Å². The Morgan fingerprint density at radius 2 is 1.65 bits per heavy atom. The van der Waals surface area contributed by atoms with E-state index in [0.29, 0.717) is 56.0 Å². The summed E-state index contributed by atoms with van der Waals surface area (Å²) in [5, 5.41) is 21.5. The van der Waals surface area contributed by atoms with Crippen molar-refractivity contribution in [3.8, 4) is 22.8 Å². The highest BCUT2D eigenvalue weighted by molar-refractivity contribution is 5.77. The lowest BCUT2D eigenvalue weighted by Gasteiger charge is -2.38. The van der Waals surface area contributed by atoms with E-state index < -0.39 is 0 Å². The maximum Gasteiger partial charge on any atom is 0.222 e. The SMILES string of the molecule is CC(C)(C)CNC(=O)CCCCCC(=O)N1CCN(c2cccc(N3CCCC(Oc4cc(-c5ccccc5O)nnc4N)C3)c2)CC1. The molecule has 0 bridgehead atoms. The lowest BCUT2D eigenvalue weighted by molar-refractivity contribution is -0.131. The molecule has 0 saturated carbocycles. The highest BCUT2D eigenvalue weighted by Crippen LogP contribution is 2.33. The van der Waals surface area contributed by atoms with Crippen LogP contribution in [0, 0.1) is 5.41 Å². The van der Waals surface area contributed by atoms with Gasteiger partial charge in [-0.05, 0) is 61.4 Å². The molecule has 2 fully saturated rings. The van der Waals surface area contributed by atoms with Crippen molar-refractivity contribution in [1.82, 2.24) is 20.4 Å². The average Bonchev–Trinajstić information content (AvgIpc) is 3.08. The summed E-state index contributed by atoms with van der Waals surface area (Å²) in [5.74, 6) is 1.12. The van der Waals surface area contributed by atoms with E-state index in [4.69, 9.17) is 10.5 Å². The predicted octanol–water partition coefficient (Wildman–Crippen LogP) is 5.24. The van der Waals surface area contributed by atoms with Gasteiger partial charge in [0.2, 0.25) is 11.8 Å². The maximum atomic E-state index is 12.9. The molecule has 48 heavy (non-hydrogen) atoms. The summed E-state index contributed by atoms with van der Waals surface area (Å²) in [6.45, 7) is 11.6. The molecule has 11 nitrogen and oxygen atoms in total. The summed E-state index contributed by atoms with van der Waals surface area (Å²) < 4.78 is 6.38. The number of benzene rings is 2. The quantitative estimate of drug-likeness (QED) is 0.223. The first-order valence-corrected chi connectivity index (χ1v) is 17.3. The van der Waals surface area contributed by atoms with Gasteiger partial charge >= 0.3 is 0 Å². The number of hydrogen-bond donors (Lipinski definition) is 3. The summed E-state index contributed by atoms with van der Waals surface area (Å²) in [6, 6.07) is 17.4. The Labute approximate surface area is 284 Å². The van der Waals surface area contributed by atoms with Crippen molar-refractivity contribution in [3.63, 3.8) is 0 Å². The number of nitrogens with one attached hydrogen (secondary N) is 1. The molecule has 3 heterocycles. The Hall–Kier alpha value is -4.54. The monoisotopic (exact) mass is 657 g/mol. The van der Waals surface area contributed by atoms with Crippen LogP contribution in [0.2, 0.25) is 0 Å². The van der Waals surface area contributed by atoms with Crippen molar-refractivity contribution < 1.29 is 19.4 Å². The molecule has 0 aliphatic carbocycles. The number of hydrogen-bond acceptors (Lipinski definition) is 9. The molecule has 2 aromatic carbocycles. The molecule has 2 saturated heterocycles. The van der Waals surface area contributed by atoms with E-state index in [9.17, 15) is 14.7 Å². The highest BCUT2D eigenvalue weighted by atomic mass is 16.5. The van der Waals surface area contributed by atoms with Crippen LogP contribution in [0.15, 0.2) is 54.6 Å². The van der Waals surface area contributed by atoms with Crippen LogP contribution in [0.1, 0.15) is 65.7 Å². The van der Waals surface area contributed by atoms with Gasteiger partial charge < -0.3 is 35.6 Å². The first kappa shape index (κ1) is 34.8. The summed E-state index contributed by atoms with van der Waals surface area (Å²) in [7, 11) is 0. The van der Waals surface area contributed by atoms with Crippen molar-refractivity contribution in [2.24, 2.45) is 5.41 Å². The van der Waals surface area contributed by atoms with E-state index in [0.717, 1.165) is 63.1 Å². The smallest absolute Gasteiger partial charge is 0.222 e. The number of nitrogens with zero attached hydrogens (tertiary/aromatic N) is 5. The van der Waals surface area contributed by atoms with Gasteiger partial charge in [0.15, 0.2) is 11.6 Å². The normalized spacial score (nSPS) is 16.9. The van der Waals surface area contributed by atoms with Crippen molar-refractivity contribution >= 4 is 29.0 Å². The molecular weight excluding hydrogens is 606 g/mol. The molecule has 2 aliphatic rings. The van der Waals surface area contributed by atoms with E-state index in [1.807, 2.05) is 11.0 Å². The number of carbonyl (C=O) groups is 2. The zero-order chi connectivity index (χ0) is 34.1. The van der Waals surface area contributed by atoms with Crippen LogP contribution in [-0.2, 0) is 9.59 Å². The molecule has 1 aromatic heterocycles. The number of piperidine rings is 1. The van der Waals surface area contributed by atoms with Gasteiger partial charge in [-0.1, -0.05) is 45.4 Å². The molecule has 258 valence electrons. The Morgan fingerprint density at radius 1 is 0.917 bits per heavy atom. The van der Waals surface area contributed by atoms with E-state index in [2.05, 4.69) is 70.4 Å². The Kier molecular flexibility index (Phi) is 11.6. The topological polar surface area (TPSA) is 137 Å². The second kappa shape index (κ2) is 16.0. The number of amides is 2. The van der Waals surface area contributed by atoms with Crippen LogP contribution in [0.5, 0.6) is 11.5 Å². The van der Waals surface area contributed by atoms with Crippen LogP contribution >= 0.6 is 0 Å². The second-order valence-corrected chi connectivity index (χ2v) is 14.1. The van der Waals surface area contributed by atoms with E-state index in [1.165, 1.54) is 0 Å². The standard InChI is InChI=1S/C37H51N7O4/c1-37(2,3)26-39-34(46)16-5-4-6-17-35(47)43-21-19-42(20-22-43)27-11-9-12-28(23-27)44-18-10-13-29(25-44)48-33-24-31(40-41-36(33)38)30-14-7-8-15-32(30)45/h7-9,11-12,14-15,23-24,29,45H,4-6,10,13,16-22,25-26H2,1-3H3,(H2,38,41)(H,39,46). The van der Waals surface area contributed by atoms with Crippen LogP contribution in [0.25, 0.3) is 11.3 Å². The second-order valence-electron chi connectivity index (χ2n) is 14.1. The number of aromatic hydroxyl groups is 1. The third kappa shape index (κ3) is 9.74. The lowest BCUT2D eigenvalue weighted by Crippen LogP contribution is -2.48. The van der Waals surface area contributed by atoms with Crippen LogP contribution in [-0.4, -0.2) is 83.9 Å². The molecule has 4 N–H and O–H groups in total. The molecular formula is C37H51N7O4.